The molecule has 3 rings (SSSR count). The minimum Gasteiger partial charge on any atom is -0.741 e. The van der Waals surface area contributed by atoms with Gasteiger partial charge in [-0.05, 0) is 0 Å². The third-order valence-electron chi connectivity index (χ3n) is 4.01. The van der Waals surface area contributed by atoms with Gasteiger partial charge in [0.25, 0.3) is 0 Å². The van der Waals surface area contributed by atoms with Crippen LogP contribution in [0.2, 0.25) is 0 Å². The molecule has 1 heterocycles. The van der Waals surface area contributed by atoms with Crippen molar-refractivity contribution in [2.75, 3.05) is 4.90 Å². The summed E-state index contributed by atoms with van der Waals surface area (Å²) >= 11 is -0.328. The van der Waals surface area contributed by atoms with Crippen molar-refractivity contribution in [3.63, 3.8) is 0 Å². The molecule has 0 saturated carbocycles. The molecule has 6 nitrogen and oxygen atoms in total. The van der Waals surface area contributed by atoms with Crippen LogP contribution in [0.4, 0.5) is 18.9 Å². The zero-order chi connectivity index (χ0) is 23.9. The zero-order valence-electron chi connectivity index (χ0n) is 17.0. The number of aromatic nitrogens is 1. The Bertz CT molecular complexity index is 1240. The molecular formula is C21H19F3N2O4STe. The summed E-state index contributed by atoms with van der Waals surface area (Å²) in [5, 5.41) is 0. The fourth-order valence-corrected chi connectivity index (χ4v) is 5.54. The van der Waals surface area contributed by atoms with E-state index in [-0.39, 0.29) is 26.3 Å². The van der Waals surface area contributed by atoms with Crippen LogP contribution in [0.15, 0.2) is 72.9 Å². The number of aryl methyl sites for hydroxylation is 1. The average Bonchev–Trinajstić information content (AvgIpc) is 3.03. The fourth-order valence-electron chi connectivity index (χ4n) is 2.50. The second-order valence-electron chi connectivity index (χ2n) is 6.29. The van der Waals surface area contributed by atoms with E-state index in [1.54, 1.807) is 11.8 Å². The van der Waals surface area contributed by atoms with Crippen molar-refractivity contribution in [1.82, 2.24) is 0 Å². The number of rotatable bonds is 4. The first-order chi connectivity index (χ1) is 14.9. The van der Waals surface area contributed by atoms with Gasteiger partial charge in [-0.1, -0.05) is 0 Å². The largest absolute Gasteiger partial charge is 0.741 e. The van der Waals surface area contributed by atoms with Crippen LogP contribution in [0, 0.1) is 0 Å². The molecule has 1 amide bonds. The number of amides is 1. The Morgan fingerprint density at radius 1 is 1.06 bits per heavy atom. The molecule has 1 aromatic heterocycles. The smallest absolute Gasteiger partial charge is 0.485 e. The standard InChI is InChI=1S/C20H19N2OTe.CHF3O3S/c1-16(23)22(17-10-4-3-5-11-17)15-9-8-14-20-21(2)18-12-6-7-13-19(18)24-20;2-1(3,4)8(5,6)7/h3-15H,1-2H3;(H,5,6,7)/q+1;/p-1. The quantitative estimate of drug-likeness (QED) is 0.156. The number of nitrogens with zero attached hydrogens (tertiary/aromatic N) is 2. The van der Waals surface area contributed by atoms with Crippen molar-refractivity contribution in [3.05, 3.63) is 76.7 Å². The molecule has 0 bridgehead atoms. The van der Waals surface area contributed by atoms with Gasteiger partial charge < -0.3 is 4.55 Å². The number of carbonyl (C=O) groups excluding carboxylic acids is 1. The summed E-state index contributed by atoms with van der Waals surface area (Å²) in [4.78, 5) is 13.5. The minimum atomic E-state index is -6.09. The number of allylic oxidation sites excluding steroid dienone is 2. The van der Waals surface area contributed by atoms with E-state index in [0.717, 1.165) is 5.69 Å². The average molecular weight is 580 g/mol. The van der Waals surface area contributed by atoms with Crippen LogP contribution >= 0.6 is 0 Å². The molecule has 2 aromatic carbocycles. The van der Waals surface area contributed by atoms with Crippen LogP contribution in [0.1, 0.15) is 10.6 Å². The second-order valence-corrected chi connectivity index (χ2v) is 10.7. The summed E-state index contributed by atoms with van der Waals surface area (Å²) in [6, 6.07) is 18.2. The first-order valence-corrected chi connectivity index (χ1v) is 12.7. The molecule has 0 N–H and O–H groups in total. The number of halogens is 3. The van der Waals surface area contributed by atoms with Crippen molar-refractivity contribution >= 4 is 57.1 Å². The van der Waals surface area contributed by atoms with Gasteiger partial charge in [-0.15, -0.1) is 0 Å². The van der Waals surface area contributed by atoms with E-state index in [4.69, 9.17) is 13.0 Å². The van der Waals surface area contributed by atoms with E-state index in [1.165, 1.54) is 12.6 Å². The number of carbonyl (C=O) groups is 1. The molecule has 0 spiro atoms. The van der Waals surface area contributed by atoms with Crippen LogP contribution in [-0.4, -0.2) is 44.8 Å². The van der Waals surface area contributed by atoms with Gasteiger partial charge in [-0.25, -0.2) is 8.42 Å². The Balaban J connectivity index is 0.000000390. The summed E-state index contributed by atoms with van der Waals surface area (Å²) in [5.41, 5.74) is -3.45. The maximum absolute atomic E-state index is 11.8. The Labute approximate surface area is 193 Å². The Morgan fingerprint density at radius 3 is 2.16 bits per heavy atom. The molecule has 0 aliphatic heterocycles. The SMILES string of the molecule is CC(=O)N(C=CC=Cc1[te]c2ccccc2[n+]1C)c1ccccc1.O=S(=O)([O-])C(F)(F)F. The third kappa shape index (κ3) is 7.03. The van der Waals surface area contributed by atoms with Gasteiger partial charge >= 0.3 is 157 Å². The number of para-hydroxylation sites is 2. The second kappa shape index (κ2) is 10.9. The van der Waals surface area contributed by atoms with E-state index in [2.05, 4.69) is 42.0 Å². The van der Waals surface area contributed by atoms with E-state index < -0.39 is 15.6 Å². The minimum absolute atomic E-state index is 0.00216. The Kier molecular flexibility index (Phi) is 8.81. The summed E-state index contributed by atoms with van der Waals surface area (Å²) < 4.78 is 64.0. The Morgan fingerprint density at radius 2 is 1.62 bits per heavy atom. The van der Waals surface area contributed by atoms with Crippen molar-refractivity contribution in [1.29, 1.82) is 0 Å². The number of hydrogen-bond donors (Lipinski definition) is 0. The van der Waals surface area contributed by atoms with Crippen molar-refractivity contribution in [3.8, 4) is 0 Å². The van der Waals surface area contributed by atoms with Crippen molar-refractivity contribution < 1.29 is 35.5 Å². The molecule has 0 unspecified atom stereocenters. The predicted molar refractivity (Wildman–Crippen MR) is 116 cm³/mol. The monoisotopic (exact) mass is 582 g/mol. The summed E-state index contributed by atoms with van der Waals surface area (Å²) in [6.07, 6.45) is 7.91. The normalized spacial score (nSPS) is 12.2. The van der Waals surface area contributed by atoms with Crippen LogP contribution in [0.25, 0.3) is 15.0 Å². The first-order valence-electron chi connectivity index (χ1n) is 9.01. The number of alkyl halides is 3. The van der Waals surface area contributed by atoms with Crippen molar-refractivity contribution in [2.45, 2.75) is 12.4 Å². The number of anilines is 1. The van der Waals surface area contributed by atoms with E-state index in [9.17, 15) is 18.0 Å². The molecule has 0 fully saturated rings. The van der Waals surface area contributed by atoms with Crippen LogP contribution in [0.3, 0.4) is 0 Å². The molecule has 170 valence electrons. The fraction of sp³-hybridized carbons (Fsp3) is 0.143. The molecule has 0 atom stereocenters. The van der Waals surface area contributed by atoms with Crippen LogP contribution in [0.5, 0.6) is 0 Å². The zero-order valence-corrected chi connectivity index (χ0v) is 20.1. The molecule has 3 aromatic rings. The van der Waals surface area contributed by atoms with Gasteiger partial charge in [0.2, 0.25) is 0 Å². The molecule has 0 saturated heterocycles. The molecule has 11 heteroatoms. The summed E-state index contributed by atoms with van der Waals surface area (Å²) in [5.74, 6) is -0.00216. The van der Waals surface area contributed by atoms with Gasteiger partial charge in [-0.2, -0.15) is 13.2 Å². The third-order valence-corrected chi connectivity index (χ3v) is 7.96. The predicted octanol–water partition coefficient (Wildman–Crippen LogP) is 3.35. The number of fused-ring (bicyclic) bond motifs is 1. The van der Waals surface area contributed by atoms with Gasteiger partial charge in [-0.3, -0.25) is 0 Å². The Hall–Kier alpha value is -2.45. The van der Waals surface area contributed by atoms with E-state index in [0.29, 0.717) is 0 Å². The molecule has 0 radical (unpaired) electrons. The van der Waals surface area contributed by atoms with Gasteiger partial charge in [0.15, 0.2) is 10.1 Å². The van der Waals surface area contributed by atoms with E-state index >= 15 is 0 Å². The first kappa shape index (κ1) is 25.8. The van der Waals surface area contributed by atoms with Gasteiger partial charge in [0, 0.05) is 0 Å². The van der Waals surface area contributed by atoms with Crippen LogP contribution in [-0.2, 0) is 22.0 Å². The van der Waals surface area contributed by atoms with Gasteiger partial charge in [0.05, 0.1) is 0 Å². The maximum atomic E-state index is 11.8. The molecule has 0 aliphatic carbocycles. The molecule has 0 aliphatic rings. The topological polar surface area (TPSA) is 81.4 Å². The maximum Gasteiger partial charge on any atom is 0.485 e. The van der Waals surface area contributed by atoms with Crippen LogP contribution < -0.4 is 9.47 Å². The molecular weight excluding hydrogens is 561 g/mol. The van der Waals surface area contributed by atoms with Crippen molar-refractivity contribution in [2.24, 2.45) is 7.05 Å². The van der Waals surface area contributed by atoms with Gasteiger partial charge in [0.1, 0.15) is 0 Å². The molecule has 32 heavy (non-hydrogen) atoms. The summed E-state index contributed by atoms with van der Waals surface area (Å²) in [6.45, 7) is 1.57. The summed E-state index contributed by atoms with van der Waals surface area (Å²) in [7, 11) is -3.97. The van der Waals surface area contributed by atoms with E-state index in [1.807, 2.05) is 48.7 Å². The number of benzene rings is 2. The number of hydrogen-bond acceptors (Lipinski definition) is 4.